The Balaban J connectivity index is 2.60. The summed E-state index contributed by atoms with van der Waals surface area (Å²) in [6, 6.07) is 0. The second kappa shape index (κ2) is 5.10. The Bertz CT molecular complexity index is 284. The van der Waals surface area contributed by atoms with Gasteiger partial charge in [0.2, 0.25) is 5.91 Å². The molecular weight excluding hydrogens is 224 g/mol. The van der Waals surface area contributed by atoms with Crippen LogP contribution in [-0.2, 0) is 4.79 Å². The monoisotopic (exact) mass is 244 g/mol. The van der Waals surface area contributed by atoms with Gasteiger partial charge in [0.15, 0.2) is 0 Å². The Labute approximate surface area is 102 Å². The highest BCUT2D eigenvalue weighted by Gasteiger charge is 2.36. The van der Waals surface area contributed by atoms with Crippen LogP contribution in [0.3, 0.4) is 0 Å². The molecule has 0 atom stereocenters. The van der Waals surface area contributed by atoms with Gasteiger partial charge >= 0.3 is 0 Å². The maximum absolute atomic E-state index is 12.2. The van der Waals surface area contributed by atoms with Gasteiger partial charge in [0.25, 0.3) is 0 Å². The van der Waals surface area contributed by atoms with Crippen LogP contribution in [0, 0.1) is 11.3 Å². The molecule has 16 heavy (non-hydrogen) atoms. The molecule has 1 rings (SSSR count). The third-order valence-corrected chi connectivity index (χ3v) is 3.82. The van der Waals surface area contributed by atoms with Gasteiger partial charge in [-0.2, -0.15) is 0 Å². The molecule has 1 aliphatic rings. The molecule has 1 aliphatic heterocycles. The number of amides is 1. The topological polar surface area (TPSA) is 66.6 Å². The van der Waals surface area contributed by atoms with Crippen LogP contribution in [0.2, 0.25) is 0 Å². The quantitative estimate of drug-likeness (QED) is 0.711. The van der Waals surface area contributed by atoms with Gasteiger partial charge in [0.1, 0.15) is 0 Å². The van der Waals surface area contributed by atoms with Crippen molar-refractivity contribution in [2.24, 2.45) is 17.1 Å². The molecule has 4 nitrogen and oxygen atoms in total. The average molecular weight is 244 g/mol. The van der Waals surface area contributed by atoms with E-state index in [1.165, 1.54) is 0 Å². The summed E-state index contributed by atoms with van der Waals surface area (Å²) < 4.78 is 0. The number of carbonyl (C=O) groups is 1. The lowest BCUT2D eigenvalue weighted by Crippen LogP contribution is -2.49. The van der Waals surface area contributed by atoms with Crippen LogP contribution in [0.1, 0.15) is 26.7 Å². The molecule has 1 heterocycles. The number of likely N-dealkylation sites (tertiary alicyclic amines) is 1. The molecule has 3 N–H and O–H groups in total. The molecule has 92 valence electrons. The van der Waals surface area contributed by atoms with E-state index in [2.05, 4.69) is 0 Å². The van der Waals surface area contributed by atoms with Crippen molar-refractivity contribution in [1.82, 2.24) is 4.90 Å². The zero-order chi connectivity index (χ0) is 12.3. The van der Waals surface area contributed by atoms with Gasteiger partial charge in [0, 0.05) is 19.7 Å². The van der Waals surface area contributed by atoms with Gasteiger partial charge in [-0.25, -0.2) is 0 Å². The number of rotatable bonds is 3. The second-order valence-corrected chi connectivity index (χ2v) is 5.35. The summed E-state index contributed by atoms with van der Waals surface area (Å²) in [5.74, 6) is 0.327. The number of nitrogens with zero attached hydrogens (tertiary/aromatic N) is 1. The largest absolute Gasteiger partial charge is 0.396 e. The van der Waals surface area contributed by atoms with Crippen molar-refractivity contribution < 1.29 is 9.90 Å². The molecule has 0 unspecified atom stereocenters. The Morgan fingerprint density at radius 2 is 2.00 bits per heavy atom. The lowest BCUT2D eigenvalue weighted by Gasteiger charge is -2.36. The first-order chi connectivity index (χ1) is 7.39. The van der Waals surface area contributed by atoms with Crippen molar-refractivity contribution in [3.8, 4) is 0 Å². The highest BCUT2D eigenvalue weighted by molar-refractivity contribution is 7.80. The van der Waals surface area contributed by atoms with E-state index < -0.39 is 5.41 Å². The van der Waals surface area contributed by atoms with Gasteiger partial charge in [0.05, 0.1) is 10.4 Å². The Morgan fingerprint density at radius 1 is 1.50 bits per heavy atom. The molecule has 1 fully saturated rings. The fourth-order valence-electron chi connectivity index (χ4n) is 1.82. The first-order valence-electron chi connectivity index (χ1n) is 5.59. The summed E-state index contributed by atoms with van der Waals surface area (Å²) in [4.78, 5) is 14.2. The van der Waals surface area contributed by atoms with Crippen molar-refractivity contribution in [3.63, 3.8) is 0 Å². The smallest absolute Gasteiger partial charge is 0.235 e. The summed E-state index contributed by atoms with van der Waals surface area (Å²) in [7, 11) is 0. The standard InChI is InChI=1S/C11H20N2O2S/c1-11(2,9(12)16)10(15)13-5-3-8(7-14)4-6-13/h8,14H,3-7H2,1-2H3,(H2,12,16). The zero-order valence-electron chi connectivity index (χ0n) is 9.90. The van der Waals surface area contributed by atoms with E-state index in [0.29, 0.717) is 19.0 Å². The van der Waals surface area contributed by atoms with E-state index in [1.54, 1.807) is 18.7 Å². The second-order valence-electron chi connectivity index (χ2n) is 4.91. The number of nitrogens with two attached hydrogens (primary N) is 1. The minimum atomic E-state index is -0.763. The highest BCUT2D eigenvalue weighted by atomic mass is 32.1. The van der Waals surface area contributed by atoms with Crippen LogP contribution in [0.5, 0.6) is 0 Å². The molecule has 0 bridgehead atoms. The molecular formula is C11H20N2O2S. The minimum Gasteiger partial charge on any atom is -0.396 e. The molecule has 0 aromatic heterocycles. The zero-order valence-corrected chi connectivity index (χ0v) is 10.7. The van der Waals surface area contributed by atoms with Crippen LogP contribution >= 0.6 is 12.2 Å². The van der Waals surface area contributed by atoms with Crippen molar-refractivity contribution in [3.05, 3.63) is 0 Å². The number of aliphatic hydroxyl groups excluding tert-OH is 1. The van der Waals surface area contributed by atoms with Crippen molar-refractivity contribution in [2.75, 3.05) is 19.7 Å². The number of hydrogen-bond donors (Lipinski definition) is 2. The molecule has 0 aromatic carbocycles. The summed E-state index contributed by atoms with van der Waals surface area (Å²) in [5.41, 5.74) is 4.81. The van der Waals surface area contributed by atoms with Gasteiger partial charge in [-0.3, -0.25) is 4.79 Å². The lowest BCUT2D eigenvalue weighted by atomic mass is 9.89. The molecule has 0 aliphatic carbocycles. The van der Waals surface area contributed by atoms with Crippen molar-refractivity contribution >= 4 is 23.1 Å². The van der Waals surface area contributed by atoms with Gasteiger partial charge < -0.3 is 15.7 Å². The number of aliphatic hydroxyl groups is 1. The van der Waals surface area contributed by atoms with E-state index in [9.17, 15) is 4.79 Å². The number of carbonyl (C=O) groups excluding carboxylic acids is 1. The molecule has 0 saturated carbocycles. The molecule has 0 radical (unpaired) electrons. The first kappa shape index (κ1) is 13.4. The summed E-state index contributed by atoms with van der Waals surface area (Å²) >= 11 is 4.91. The number of thiocarbonyl (C=S) groups is 1. The molecule has 5 heteroatoms. The van der Waals surface area contributed by atoms with Crippen molar-refractivity contribution in [2.45, 2.75) is 26.7 Å². The predicted octanol–water partition coefficient (Wildman–Crippen LogP) is 0.530. The van der Waals surface area contributed by atoms with Gasteiger partial charge in [-0.1, -0.05) is 12.2 Å². The molecule has 0 spiro atoms. The Kier molecular flexibility index (Phi) is 4.27. The Morgan fingerprint density at radius 3 is 2.38 bits per heavy atom. The van der Waals surface area contributed by atoms with E-state index in [1.807, 2.05) is 0 Å². The summed E-state index contributed by atoms with van der Waals surface area (Å²) in [6.45, 7) is 5.11. The third kappa shape index (κ3) is 2.71. The number of piperidine rings is 1. The van der Waals surface area contributed by atoms with Crippen LogP contribution in [-0.4, -0.2) is 40.6 Å². The van der Waals surface area contributed by atoms with Crippen LogP contribution < -0.4 is 5.73 Å². The van der Waals surface area contributed by atoms with Crippen LogP contribution in [0.25, 0.3) is 0 Å². The maximum atomic E-state index is 12.2. The van der Waals surface area contributed by atoms with Gasteiger partial charge in [-0.05, 0) is 32.6 Å². The summed E-state index contributed by atoms with van der Waals surface area (Å²) in [5, 5.41) is 9.02. The molecule has 1 amide bonds. The first-order valence-corrected chi connectivity index (χ1v) is 6.00. The van der Waals surface area contributed by atoms with E-state index in [0.717, 1.165) is 12.8 Å². The van der Waals surface area contributed by atoms with E-state index in [-0.39, 0.29) is 17.5 Å². The van der Waals surface area contributed by atoms with E-state index >= 15 is 0 Å². The van der Waals surface area contributed by atoms with Crippen molar-refractivity contribution in [1.29, 1.82) is 0 Å². The third-order valence-electron chi connectivity index (χ3n) is 3.31. The summed E-state index contributed by atoms with van der Waals surface area (Å²) in [6.07, 6.45) is 1.71. The lowest BCUT2D eigenvalue weighted by molar-refractivity contribution is -0.138. The maximum Gasteiger partial charge on any atom is 0.235 e. The number of hydrogen-bond acceptors (Lipinski definition) is 3. The van der Waals surface area contributed by atoms with E-state index in [4.69, 9.17) is 23.1 Å². The highest BCUT2D eigenvalue weighted by Crippen LogP contribution is 2.24. The normalized spacial score (nSPS) is 18.6. The molecule has 1 saturated heterocycles. The fourth-order valence-corrected chi connectivity index (χ4v) is 1.91. The SMILES string of the molecule is CC(C)(C(=O)N1CCC(CO)CC1)C(N)=S. The van der Waals surface area contributed by atoms with Crippen LogP contribution in [0.15, 0.2) is 0 Å². The average Bonchev–Trinajstić information content (AvgIpc) is 2.28. The van der Waals surface area contributed by atoms with Crippen LogP contribution in [0.4, 0.5) is 0 Å². The Hall–Kier alpha value is -0.680. The van der Waals surface area contributed by atoms with Gasteiger partial charge in [-0.15, -0.1) is 0 Å². The fraction of sp³-hybridized carbons (Fsp3) is 0.818. The minimum absolute atomic E-state index is 0.00334. The molecule has 0 aromatic rings. The predicted molar refractivity (Wildman–Crippen MR) is 67.0 cm³/mol.